The molecule has 0 aliphatic carbocycles. The van der Waals surface area contributed by atoms with Crippen molar-refractivity contribution in [3.63, 3.8) is 0 Å². The number of benzene rings is 2. The molecular formula is C20H20BrN3O2. The van der Waals surface area contributed by atoms with E-state index < -0.39 is 0 Å². The number of aryl methyl sites for hydroxylation is 1. The summed E-state index contributed by atoms with van der Waals surface area (Å²) in [6.07, 6.45) is 3.46. The van der Waals surface area contributed by atoms with Gasteiger partial charge in [-0.1, -0.05) is 58.4 Å². The maximum Gasteiger partial charge on any atom is 0.315 e. The number of rotatable bonds is 7. The van der Waals surface area contributed by atoms with E-state index in [0.29, 0.717) is 18.2 Å². The average Bonchev–Trinajstić information content (AvgIpc) is 3.13. The Balaban J connectivity index is 1.37. The van der Waals surface area contributed by atoms with Gasteiger partial charge in [-0.2, -0.15) is 0 Å². The number of amides is 2. The average molecular weight is 414 g/mol. The molecule has 6 heteroatoms. The topological polar surface area (TPSA) is 67.2 Å². The van der Waals surface area contributed by atoms with Gasteiger partial charge in [0.25, 0.3) is 0 Å². The van der Waals surface area contributed by atoms with Crippen molar-refractivity contribution >= 4 is 22.0 Å². The largest absolute Gasteiger partial charge is 0.439 e. The molecule has 0 bridgehead atoms. The number of carbonyl (C=O) groups excluding carboxylic acids is 1. The molecule has 0 spiro atoms. The number of aromatic nitrogens is 1. The minimum absolute atomic E-state index is 0.223. The third-order valence-corrected chi connectivity index (χ3v) is 4.32. The fourth-order valence-electron chi connectivity index (χ4n) is 2.53. The van der Waals surface area contributed by atoms with E-state index in [4.69, 9.17) is 4.42 Å². The van der Waals surface area contributed by atoms with Gasteiger partial charge in [0, 0.05) is 16.6 Å². The SMILES string of the molecule is O=C(NCCCc1cccc(Br)c1)NCc1ncc(-c2ccccc2)o1. The third-order valence-electron chi connectivity index (χ3n) is 3.83. The molecule has 5 nitrogen and oxygen atoms in total. The van der Waals surface area contributed by atoms with Crippen molar-refractivity contribution in [2.45, 2.75) is 19.4 Å². The molecule has 0 unspecified atom stereocenters. The third kappa shape index (κ3) is 5.46. The predicted octanol–water partition coefficient (Wildman–Crippen LogP) is 4.54. The van der Waals surface area contributed by atoms with Crippen molar-refractivity contribution in [2.75, 3.05) is 6.54 Å². The van der Waals surface area contributed by atoms with Crippen LogP contribution in [0.4, 0.5) is 4.79 Å². The van der Waals surface area contributed by atoms with E-state index in [1.165, 1.54) is 5.56 Å². The van der Waals surface area contributed by atoms with Crippen molar-refractivity contribution in [3.8, 4) is 11.3 Å². The molecular weight excluding hydrogens is 394 g/mol. The second-order valence-electron chi connectivity index (χ2n) is 5.83. The Kier molecular flexibility index (Phi) is 6.44. The molecule has 1 heterocycles. The first-order chi connectivity index (χ1) is 12.7. The fourth-order valence-corrected chi connectivity index (χ4v) is 2.98. The molecule has 0 fully saturated rings. The zero-order valence-electron chi connectivity index (χ0n) is 14.2. The van der Waals surface area contributed by atoms with Crippen LogP contribution in [0.5, 0.6) is 0 Å². The molecule has 3 rings (SSSR count). The van der Waals surface area contributed by atoms with Gasteiger partial charge in [-0.05, 0) is 30.5 Å². The van der Waals surface area contributed by atoms with E-state index >= 15 is 0 Å². The highest BCUT2D eigenvalue weighted by atomic mass is 79.9. The Labute approximate surface area is 161 Å². The van der Waals surface area contributed by atoms with Crippen LogP contribution in [0.2, 0.25) is 0 Å². The first-order valence-corrected chi connectivity index (χ1v) is 9.26. The van der Waals surface area contributed by atoms with Gasteiger partial charge in [0.2, 0.25) is 5.89 Å². The highest BCUT2D eigenvalue weighted by Crippen LogP contribution is 2.19. The smallest absolute Gasteiger partial charge is 0.315 e. The number of nitrogens with zero attached hydrogens (tertiary/aromatic N) is 1. The van der Waals surface area contributed by atoms with Gasteiger partial charge in [0.15, 0.2) is 5.76 Å². The molecule has 0 radical (unpaired) electrons. The zero-order chi connectivity index (χ0) is 18.2. The second-order valence-corrected chi connectivity index (χ2v) is 6.74. The summed E-state index contributed by atoms with van der Waals surface area (Å²) in [6, 6.07) is 17.7. The molecule has 1 aromatic heterocycles. The summed E-state index contributed by atoms with van der Waals surface area (Å²) in [5.74, 6) is 1.17. The molecule has 2 amide bonds. The molecule has 3 aromatic rings. The van der Waals surface area contributed by atoms with Gasteiger partial charge < -0.3 is 15.1 Å². The minimum Gasteiger partial charge on any atom is -0.439 e. The Morgan fingerprint density at radius 3 is 2.73 bits per heavy atom. The maximum atomic E-state index is 11.9. The van der Waals surface area contributed by atoms with Gasteiger partial charge in [-0.15, -0.1) is 0 Å². The molecule has 0 atom stereocenters. The van der Waals surface area contributed by atoms with Crippen LogP contribution in [0.25, 0.3) is 11.3 Å². The number of hydrogen-bond acceptors (Lipinski definition) is 3. The second kappa shape index (κ2) is 9.20. The molecule has 0 aliphatic heterocycles. The van der Waals surface area contributed by atoms with E-state index in [1.54, 1.807) is 6.20 Å². The lowest BCUT2D eigenvalue weighted by atomic mass is 10.1. The number of carbonyl (C=O) groups is 1. The number of nitrogens with one attached hydrogen (secondary N) is 2. The molecule has 134 valence electrons. The van der Waals surface area contributed by atoms with E-state index in [9.17, 15) is 4.79 Å². The van der Waals surface area contributed by atoms with Crippen LogP contribution >= 0.6 is 15.9 Å². The number of halogens is 1. The van der Waals surface area contributed by atoms with Crippen molar-refractivity contribution in [1.82, 2.24) is 15.6 Å². The summed E-state index contributed by atoms with van der Waals surface area (Å²) in [6.45, 7) is 0.865. The normalized spacial score (nSPS) is 10.5. The van der Waals surface area contributed by atoms with Crippen LogP contribution in [-0.2, 0) is 13.0 Å². The predicted molar refractivity (Wildman–Crippen MR) is 105 cm³/mol. The van der Waals surface area contributed by atoms with E-state index in [-0.39, 0.29) is 12.6 Å². The quantitative estimate of drug-likeness (QED) is 0.558. The van der Waals surface area contributed by atoms with Crippen LogP contribution in [-0.4, -0.2) is 17.6 Å². The minimum atomic E-state index is -0.223. The molecule has 0 saturated carbocycles. The number of urea groups is 1. The highest BCUT2D eigenvalue weighted by molar-refractivity contribution is 9.10. The molecule has 0 aliphatic rings. The Morgan fingerprint density at radius 2 is 1.92 bits per heavy atom. The summed E-state index contributed by atoms with van der Waals surface area (Å²) in [5.41, 5.74) is 2.21. The van der Waals surface area contributed by atoms with Crippen LogP contribution < -0.4 is 10.6 Å². The monoisotopic (exact) mass is 413 g/mol. The van der Waals surface area contributed by atoms with Crippen LogP contribution in [0.15, 0.2) is 69.7 Å². The Bertz CT molecular complexity index is 849. The Hall–Kier alpha value is -2.60. The zero-order valence-corrected chi connectivity index (χ0v) is 15.8. The van der Waals surface area contributed by atoms with Crippen LogP contribution in [0.1, 0.15) is 17.9 Å². The summed E-state index contributed by atoms with van der Waals surface area (Å²) in [5, 5.41) is 5.60. The first kappa shape index (κ1) is 18.2. The summed E-state index contributed by atoms with van der Waals surface area (Å²) in [4.78, 5) is 16.1. The summed E-state index contributed by atoms with van der Waals surface area (Å²) >= 11 is 3.46. The van der Waals surface area contributed by atoms with Crippen molar-refractivity contribution in [1.29, 1.82) is 0 Å². The fraction of sp³-hybridized carbons (Fsp3) is 0.200. The first-order valence-electron chi connectivity index (χ1n) is 8.47. The molecule has 0 saturated heterocycles. The lowest BCUT2D eigenvalue weighted by Gasteiger charge is -2.06. The van der Waals surface area contributed by atoms with E-state index in [2.05, 4.69) is 43.7 Å². The lowest BCUT2D eigenvalue weighted by molar-refractivity contribution is 0.239. The van der Waals surface area contributed by atoms with Gasteiger partial charge in [0.05, 0.1) is 12.7 Å². The molecule has 2 N–H and O–H groups in total. The standard InChI is InChI=1S/C20H20BrN3O2/c21-17-10-4-6-15(12-17)7-5-11-22-20(25)24-14-19-23-13-18(26-19)16-8-2-1-3-9-16/h1-4,6,8-10,12-13H,5,7,11,14H2,(H2,22,24,25). The summed E-state index contributed by atoms with van der Waals surface area (Å²) in [7, 11) is 0. The van der Waals surface area contributed by atoms with Gasteiger partial charge in [0.1, 0.15) is 0 Å². The van der Waals surface area contributed by atoms with E-state index in [0.717, 1.165) is 22.9 Å². The molecule has 2 aromatic carbocycles. The van der Waals surface area contributed by atoms with Crippen molar-refractivity contribution in [2.24, 2.45) is 0 Å². The van der Waals surface area contributed by atoms with Crippen LogP contribution in [0.3, 0.4) is 0 Å². The summed E-state index contributed by atoms with van der Waals surface area (Å²) < 4.78 is 6.73. The van der Waals surface area contributed by atoms with Crippen LogP contribution in [0, 0.1) is 0 Å². The number of oxazole rings is 1. The maximum absolute atomic E-state index is 11.9. The van der Waals surface area contributed by atoms with Crippen molar-refractivity contribution < 1.29 is 9.21 Å². The Morgan fingerprint density at radius 1 is 1.08 bits per heavy atom. The van der Waals surface area contributed by atoms with Gasteiger partial charge in [-0.25, -0.2) is 9.78 Å². The van der Waals surface area contributed by atoms with Gasteiger partial charge >= 0.3 is 6.03 Å². The molecule has 26 heavy (non-hydrogen) atoms. The lowest BCUT2D eigenvalue weighted by Crippen LogP contribution is -2.35. The van der Waals surface area contributed by atoms with E-state index in [1.807, 2.05) is 42.5 Å². The van der Waals surface area contributed by atoms with Crippen molar-refractivity contribution in [3.05, 3.63) is 76.7 Å². The highest BCUT2D eigenvalue weighted by Gasteiger charge is 2.07. The van der Waals surface area contributed by atoms with Gasteiger partial charge in [-0.3, -0.25) is 0 Å². The number of hydrogen-bond donors (Lipinski definition) is 2.